The number of para-hydroxylation sites is 1. The van der Waals surface area contributed by atoms with Gasteiger partial charge in [-0.25, -0.2) is 15.0 Å². The highest BCUT2D eigenvalue weighted by atomic mass is 14.8. The Labute approximate surface area is 253 Å². The Hall–Kier alpha value is -6.00. The molecule has 9 aromatic rings. The highest BCUT2D eigenvalue weighted by molar-refractivity contribution is 6.16. The van der Waals surface area contributed by atoms with Crippen LogP contribution in [0.2, 0.25) is 0 Å². The molecule has 9 rings (SSSR count). The quantitative estimate of drug-likeness (QED) is 0.159. The summed E-state index contributed by atoms with van der Waals surface area (Å²) < 4.78 is 0. The van der Waals surface area contributed by atoms with Crippen LogP contribution in [0.25, 0.3) is 88.2 Å². The van der Waals surface area contributed by atoms with E-state index in [1.165, 1.54) is 5.56 Å². The molecular weight excluding hydrogens is 536 g/mol. The summed E-state index contributed by atoms with van der Waals surface area (Å²) in [5, 5.41) is 5.46. The van der Waals surface area contributed by atoms with Gasteiger partial charge in [-0.1, -0.05) is 115 Å². The van der Waals surface area contributed by atoms with Gasteiger partial charge in [0.2, 0.25) is 0 Å². The van der Waals surface area contributed by atoms with Gasteiger partial charge in [0.05, 0.1) is 39.0 Å². The molecule has 0 radical (unpaired) electrons. The SMILES string of the molecule is c1ccc(-c2ccc3ccc4ccc(-c5ccc(-c6c7ccccc7nc7c6ccc6cccnc67)cc5)nc4c3n2)cc1. The Morgan fingerprint density at radius 3 is 1.68 bits per heavy atom. The van der Waals surface area contributed by atoms with Gasteiger partial charge in [-0.3, -0.25) is 4.98 Å². The average Bonchev–Trinajstić information content (AvgIpc) is 3.10. The number of pyridine rings is 4. The zero-order valence-corrected chi connectivity index (χ0v) is 23.6. The maximum atomic E-state index is 5.16. The molecule has 0 spiro atoms. The zero-order chi connectivity index (χ0) is 29.0. The van der Waals surface area contributed by atoms with Gasteiger partial charge in [0.1, 0.15) is 0 Å². The molecule has 0 fully saturated rings. The molecular formula is C40H24N4. The molecule has 0 N–H and O–H groups in total. The van der Waals surface area contributed by atoms with E-state index < -0.39 is 0 Å². The lowest BCUT2D eigenvalue weighted by molar-refractivity contribution is 1.36. The number of nitrogens with zero attached hydrogens (tertiary/aromatic N) is 4. The molecule has 0 aliphatic carbocycles. The largest absolute Gasteiger partial charge is 0.254 e. The van der Waals surface area contributed by atoms with Gasteiger partial charge < -0.3 is 0 Å². The summed E-state index contributed by atoms with van der Waals surface area (Å²) >= 11 is 0. The van der Waals surface area contributed by atoms with Crippen molar-refractivity contribution in [1.82, 2.24) is 19.9 Å². The van der Waals surface area contributed by atoms with Crippen molar-refractivity contribution in [2.75, 3.05) is 0 Å². The molecule has 0 aliphatic heterocycles. The molecule has 204 valence electrons. The number of benzene rings is 5. The van der Waals surface area contributed by atoms with Crippen LogP contribution in [0.1, 0.15) is 0 Å². The van der Waals surface area contributed by atoms with Gasteiger partial charge in [0.25, 0.3) is 0 Å². The maximum absolute atomic E-state index is 5.16. The lowest BCUT2D eigenvalue weighted by Gasteiger charge is -2.13. The minimum Gasteiger partial charge on any atom is -0.254 e. The van der Waals surface area contributed by atoms with Crippen molar-refractivity contribution in [3.63, 3.8) is 0 Å². The van der Waals surface area contributed by atoms with Crippen molar-refractivity contribution in [2.45, 2.75) is 0 Å². The molecule has 0 bridgehead atoms. The van der Waals surface area contributed by atoms with E-state index in [0.29, 0.717) is 0 Å². The van der Waals surface area contributed by atoms with Crippen LogP contribution in [0.4, 0.5) is 0 Å². The lowest BCUT2D eigenvalue weighted by Crippen LogP contribution is -1.92. The molecule has 5 aromatic carbocycles. The third-order valence-corrected chi connectivity index (χ3v) is 8.48. The standard InChI is InChI=1S/C40H24N4/c1-2-7-25(8-3-1)33-22-19-29-16-17-30-20-23-34(43-39(30)38(29)42-33)26-12-14-27(15-13-26)36-31-10-4-5-11-35(31)44-40-32(36)21-18-28-9-6-24-41-37(28)40/h1-24H. The first-order valence-corrected chi connectivity index (χ1v) is 14.7. The van der Waals surface area contributed by atoms with Crippen LogP contribution in [0, 0.1) is 0 Å². The van der Waals surface area contributed by atoms with Gasteiger partial charge in [-0.05, 0) is 29.8 Å². The van der Waals surface area contributed by atoms with E-state index in [2.05, 4.69) is 109 Å². The van der Waals surface area contributed by atoms with Crippen LogP contribution in [0.3, 0.4) is 0 Å². The van der Waals surface area contributed by atoms with Gasteiger partial charge in [0.15, 0.2) is 0 Å². The van der Waals surface area contributed by atoms with Gasteiger partial charge >= 0.3 is 0 Å². The third-order valence-electron chi connectivity index (χ3n) is 8.48. The summed E-state index contributed by atoms with van der Waals surface area (Å²) in [5.41, 5.74) is 10.9. The molecule has 0 saturated heterocycles. The molecule has 4 heteroatoms. The van der Waals surface area contributed by atoms with E-state index in [4.69, 9.17) is 19.9 Å². The molecule has 0 amide bonds. The summed E-state index contributed by atoms with van der Waals surface area (Å²) in [6, 6.07) is 48.4. The van der Waals surface area contributed by atoms with Crippen molar-refractivity contribution in [1.29, 1.82) is 0 Å². The highest BCUT2D eigenvalue weighted by Gasteiger charge is 2.15. The number of hydrogen-bond acceptors (Lipinski definition) is 4. The normalized spacial score (nSPS) is 11.6. The summed E-state index contributed by atoms with van der Waals surface area (Å²) in [4.78, 5) is 20.0. The van der Waals surface area contributed by atoms with Crippen molar-refractivity contribution in [2.24, 2.45) is 0 Å². The fourth-order valence-electron chi connectivity index (χ4n) is 6.31. The van der Waals surface area contributed by atoms with E-state index in [1.54, 1.807) is 0 Å². The first-order chi connectivity index (χ1) is 21.8. The van der Waals surface area contributed by atoms with Crippen LogP contribution in [0.5, 0.6) is 0 Å². The number of hydrogen-bond donors (Lipinski definition) is 0. The second-order valence-electron chi connectivity index (χ2n) is 11.1. The molecule has 0 atom stereocenters. The Morgan fingerprint density at radius 1 is 0.341 bits per heavy atom. The fourth-order valence-corrected chi connectivity index (χ4v) is 6.31. The molecule has 4 nitrogen and oxygen atoms in total. The Kier molecular flexibility index (Phi) is 5.47. The van der Waals surface area contributed by atoms with Gasteiger partial charge in [0, 0.05) is 49.8 Å². The molecule has 0 aliphatic rings. The van der Waals surface area contributed by atoms with Crippen LogP contribution in [-0.2, 0) is 0 Å². The summed E-state index contributed by atoms with van der Waals surface area (Å²) in [6.07, 6.45) is 1.84. The van der Waals surface area contributed by atoms with Crippen molar-refractivity contribution in [3.8, 4) is 33.6 Å². The number of aromatic nitrogens is 4. The molecule has 4 aromatic heterocycles. The highest BCUT2D eigenvalue weighted by Crippen LogP contribution is 2.38. The summed E-state index contributed by atoms with van der Waals surface area (Å²) in [7, 11) is 0. The van der Waals surface area contributed by atoms with Crippen LogP contribution in [0.15, 0.2) is 146 Å². The van der Waals surface area contributed by atoms with E-state index in [-0.39, 0.29) is 0 Å². The Morgan fingerprint density at radius 2 is 0.932 bits per heavy atom. The molecule has 44 heavy (non-hydrogen) atoms. The van der Waals surface area contributed by atoms with Crippen LogP contribution in [-0.4, -0.2) is 19.9 Å². The lowest BCUT2D eigenvalue weighted by atomic mass is 9.94. The average molecular weight is 561 g/mol. The predicted octanol–water partition coefficient (Wildman–Crippen LogP) is 10.0. The predicted molar refractivity (Wildman–Crippen MR) is 181 cm³/mol. The third kappa shape index (κ3) is 3.92. The molecule has 4 heterocycles. The second kappa shape index (κ2) is 9.79. The zero-order valence-electron chi connectivity index (χ0n) is 23.6. The summed E-state index contributed by atoms with van der Waals surface area (Å²) in [5.74, 6) is 0. The number of fused-ring (bicyclic) bond motifs is 7. The topological polar surface area (TPSA) is 51.6 Å². The van der Waals surface area contributed by atoms with Gasteiger partial charge in [-0.15, -0.1) is 0 Å². The second-order valence-corrected chi connectivity index (χ2v) is 11.1. The molecule has 0 saturated carbocycles. The van der Waals surface area contributed by atoms with Crippen molar-refractivity contribution < 1.29 is 0 Å². The van der Waals surface area contributed by atoms with Crippen LogP contribution >= 0.6 is 0 Å². The molecule has 0 unspecified atom stereocenters. The maximum Gasteiger partial charge on any atom is 0.0978 e. The van der Waals surface area contributed by atoms with E-state index in [0.717, 1.165) is 82.6 Å². The van der Waals surface area contributed by atoms with E-state index in [1.807, 2.05) is 36.5 Å². The Balaban J connectivity index is 1.19. The van der Waals surface area contributed by atoms with E-state index in [9.17, 15) is 0 Å². The fraction of sp³-hybridized carbons (Fsp3) is 0. The van der Waals surface area contributed by atoms with Crippen LogP contribution < -0.4 is 0 Å². The minimum absolute atomic E-state index is 0.910. The van der Waals surface area contributed by atoms with Gasteiger partial charge in [-0.2, -0.15) is 0 Å². The monoisotopic (exact) mass is 560 g/mol. The van der Waals surface area contributed by atoms with E-state index >= 15 is 0 Å². The number of rotatable bonds is 3. The summed E-state index contributed by atoms with van der Waals surface area (Å²) in [6.45, 7) is 0. The smallest absolute Gasteiger partial charge is 0.0978 e. The first kappa shape index (κ1) is 24.6. The Bertz CT molecular complexity index is 2540. The van der Waals surface area contributed by atoms with Crippen molar-refractivity contribution in [3.05, 3.63) is 146 Å². The first-order valence-electron chi connectivity index (χ1n) is 14.7. The minimum atomic E-state index is 0.910. The van der Waals surface area contributed by atoms with Crippen molar-refractivity contribution >= 4 is 54.5 Å².